The van der Waals surface area contributed by atoms with Gasteiger partial charge < -0.3 is 9.84 Å². The first-order valence-electron chi connectivity index (χ1n) is 16.0. The highest BCUT2D eigenvalue weighted by atomic mass is 32.2. The van der Waals surface area contributed by atoms with E-state index in [0.29, 0.717) is 17.9 Å². The largest absolute Gasteiger partial charge is 0.508 e. The maximum Gasteiger partial charge on any atom is 0.286 e. The number of nitrogens with zero attached hydrogens (tertiary/aromatic N) is 1. The van der Waals surface area contributed by atoms with E-state index in [2.05, 4.69) is 36.9 Å². The van der Waals surface area contributed by atoms with Gasteiger partial charge in [-0.3, -0.25) is 14.5 Å². The maximum absolute atomic E-state index is 13.2. The number of phenols is 1. The van der Waals surface area contributed by atoms with E-state index < -0.39 is 0 Å². The van der Waals surface area contributed by atoms with Crippen LogP contribution in [0.4, 0.5) is 14.9 Å². The molecule has 1 heterocycles. The lowest BCUT2D eigenvalue weighted by atomic mass is 9.98. The quantitative estimate of drug-likeness (QED) is 0.120. The van der Waals surface area contributed by atoms with Crippen molar-refractivity contribution in [2.24, 2.45) is 0 Å². The number of allylic oxidation sites excluding steroid dienone is 1. The molecule has 51 heavy (non-hydrogen) atoms. The molecular weight excluding hydrogens is 658 g/mol. The molecule has 1 saturated heterocycles. The molecule has 0 spiro atoms. The lowest BCUT2D eigenvalue weighted by Crippen LogP contribution is -2.27. The first-order valence-corrected chi connectivity index (χ1v) is 17.0. The molecule has 0 saturated carbocycles. The highest BCUT2D eigenvalue weighted by molar-refractivity contribution is 8.14. The number of rotatable bonds is 9. The number of aromatic hydroxyl groups is 1. The Morgan fingerprint density at radius 1 is 0.784 bits per heavy atom. The van der Waals surface area contributed by atoms with Crippen molar-refractivity contribution in [3.63, 3.8) is 0 Å². The highest BCUT2D eigenvalue weighted by Gasteiger charge is 2.36. The zero-order valence-electron chi connectivity index (χ0n) is 27.1. The smallest absolute Gasteiger partial charge is 0.286 e. The number of phenolic OH excluding ortho intramolecular Hbond substituents is 1. The van der Waals surface area contributed by atoms with Gasteiger partial charge in [0.2, 0.25) is 0 Å². The Balaban J connectivity index is 0.000000361. The van der Waals surface area contributed by atoms with Crippen LogP contribution in [0.15, 0.2) is 164 Å². The van der Waals surface area contributed by atoms with Gasteiger partial charge in [0.25, 0.3) is 5.24 Å². The second kappa shape index (κ2) is 17.1. The van der Waals surface area contributed by atoms with E-state index in [4.69, 9.17) is 4.74 Å². The third-order valence-corrected chi connectivity index (χ3v) is 9.16. The molecule has 1 fully saturated rings. The zero-order chi connectivity index (χ0) is 34.9. The molecule has 1 N–H and O–H groups in total. The van der Waals surface area contributed by atoms with Crippen LogP contribution < -0.4 is 9.64 Å². The number of ketones is 1. The van der Waals surface area contributed by atoms with Crippen LogP contribution in [-0.4, -0.2) is 21.9 Å². The third kappa shape index (κ3) is 9.01. The van der Waals surface area contributed by atoms with Gasteiger partial charge in [-0.15, -0.1) is 0 Å². The summed E-state index contributed by atoms with van der Waals surface area (Å²) in [4.78, 5) is 25.9. The Hall–Kier alpha value is -5.92. The van der Waals surface area contributed by atoms with Crippen molar-refractivity contribution in [3.8, 4) is 33.8 Å². The second-order valence-corrected chi connectivity index (χ2v) is 12.5. The van der Waals surface area contributed by atoms with Crippen molar-refractivity contribution in [3.05, 3.63) is 187 Å². The molecule has 7 heteroatoms. The molecule has 7 rings (SSSR count). The molecule has 0 aliphatic carbocycles. The van der Waals surface area contributed by atoms with Crippen LogP contribution in [0.3, 0.4) is 0 Å². The molecule has 256 valence electrons. The van der Waals surface area contributed by atoms with E-state index in [9.17, 15) is 19.1 Å². The number of hydrogen-bond acceptors (Lipinski definition) is 5. The summed E-state index contributed by atoms with van der Waals surface area (Å²) in [5.74, 6) is 1.04. The molecule has 0 bridgehead atoms. The molecule has 0 radical (unpaired) electrons. The Kier molecular flexibility index (Phi) is 12.2. The fourth-order valence-corrected chi connectivity index (χ4v) is 6.65. The molecule has 6 aromatic carbocycles. The van der Waals surface area contributed by atoms with Gasteiger partial charge >= 0.3 is 0 Å². The van der Waals surface area contributed by atoms with E-state index in [0.717, 1.165) is 44.8 Å². The van der Waals surface area contributed by atoms with Crippen molar-refractivity contribution in [2.45, 2.75) is 20.1 Å². The molecule has 6 aromatic rings. The van der Waals surface area contributed by atoms with Gasteiger partial charge in [0, 0.05) is 22.6 Å². The van der Waals surface area contributed by atoms with Crippen molar-refractivity contribution in [1.82, 2.24) is 0 Å². The van der Waals surface area contributed by atoms with E-state index in [-0.39, 0.29) is 36.1 Å². The average Bonchev–Trinajstić information content (AvgIpc) is 3.55. The Morgan fingerprint density at radius 2 is 1.39 bits per heavy atom. The molecule has 1 unspecified atom stereocenters. The monoisotopic (exact) mass is 695 g/mol. The number of thioether (sulfide) groups is 1. The van der Waals surface area contributed by atoms with Crippen LogP contribution in [0.2, 0.25) is 0 Å². The van der Waals surface area contributed by atoms with Crippen LogP contribution in [-0.2, 0) is 6.61 Å². The lowest BCUT2D eigenvalue weighted by Gasteiger charge is -2.26. The molecule has 0 aromatic heterocycles. The van der Waals surface area contributed by atoms with Crippen LogP contribution in [0.5, 0.6) is 11.5 Å². The molecular formula is C44H38FNO4S. The van der Waals surface area contributed by atoms with E-state index in [1.165, 1.54) is 42.1 Å². The highest BCUT2D eigenvalue weighted by Crippen LogP contribution is 2.44. The maximum atomic E-state index is 13.2. The number of anilines is 1. The van der Waals surface area contributed by atoms with Crippen LogP contribution in [0, 0.1) is 5.82 Å². The van der Waals surface area contributed by atoms with Crippen LogP contribution >= 0.6 is 11.8 Å². The number of ether oxygens (including phenoxy) is 1. The standard InChI is InChI=1S/C34H27NO3S.C9H7FO.CH4/c36-30-13-7-12-27(20-30)28-16-19-31(33(21-28)38-22-24-8-3-1-4-9-24)32-23-39-34(37)35(32)29-17-14-26(15-18-29)25-10-5-2-6-11-25;1-2-9(11)7-3-5-8(10)6-4-7;/h1-21,32,36H,22-23H2;2-6H,1H2;1H4. The Bertz CT molecular complexity index is 2090. The molecule has 1 aliphatic heterocycles. The second-order valence-electron chi connectivity index (χ2n) is 11.5. The predicted octanol–water partition coefficient (Wildman–Crippen LogP) is 11.6. The fraction of sp³-hybridized carbons (Fsp3) is 0.0909. The summed E-state index contributed by atoms with van der Waals surface area (Å²) in [5.41, 5.74) is 7.43. The number of carbonyl (C=O) groups excluding carboxylic acids is 2. The van der Waals surface area contributed by atoms with Gasteiger partial charge in [-0.05, 0) is 88.5 Å². The summed E-state index contributed by atoms with van der Waals surface area (Å²) in [6, 6.07) is 46.9. The van der Waals surface area contributed by atoms with Crippen molar-refractivity contribution in [1.29, 1.82) is 0 Å². The zero-order valence-corrected chi connectivity index (χ0v) is 27.9. The number of benzene rings is 6. The summed E-state index contributed by atoms with van der Waals surface area (Å²) < 4.78 is 18.7. The normalized spacial score (nSPS) is 13.4. The van der Waals surface area contributed by atoms with Gasteiger partial charge in [0.15, 0.2) is 5.78 Å². The SMILES string of the molecule is C.C=CC(=O)c1ccc(F)cc1.O=C1SCC(c2ccc(-c3cccc(O)c3)cc2OCc2ccccc2)N1c1ccc(-c2ccccc2)cc1. The van der Waals surface area contributed by atoms with Gasteiger partial charge in [-0.1, -0.05) is 123 Å². The average molecular weight is 696 g/mol. The Morgan fingerprint density at radius 3 is 2.06 bits per heavy atom. The lowest BCUT2D eigenvalue weighted by molar-refractivity contribution is 0.104. The van der Waals surface area contributed by atoms with Gasteiger partial charge in [0.1, 0.15) is 23.9 Å². The summed E-state index contributed by atoms with van der Waals surface area (Å²) in [7, 11) is 0. The topological polar surface area (TPSA) is 66.8 Å². The van der Waals surface area contributed by atoms with Crippen LogP contribution in [0.1, 0.15) is 35.0 Å². The number of carbonyl (C=O) groups is 2. The number of halogens is 1. The number of amides is 1. The molecule has 1 amide bonds. The minimum atomic E-state index is -0.342. The van der Waals surface area contributed by atoms with Crippen molar-refractivity contribution >= 4 is 28.5 Å². The first-order chi connectivity index (χ1) is 24.4. The fourth-order valence-electron chi connectivity index (χ4n) is 5.65. The molecule has 5 nitrogen and oxygen atoms in total. The number of hydrogen-bond donors (Lipinski definition) is 1. The minimum absolute atomic E-state index is 0. The van der Waals surface area contributed by atoms with E-state index >= 15 is 0 Å². The summed E-state index contributed by atoms with van der Waals surface area (Å²) in [6.45, 7) is 3.73. The molecule has 1 aliphatic rings. The third-order valence-electron chi connectivity index (χ3n) is 8.23. The van der Waals surface area contributed by atoms with Gasteiger partial charge in [0.05, 0.1) is 6.04 Å². The summed E-state index contributed by atoms with van der Waals surface area (Å²) >= 11 is 1.33. The first kappa shape index (κ1) is 36.4. The van der Waals surface area contributed by atoms with Crippen molar-refractivity contribution in [2.75, 3.05) is 10.7 Å². The van der Waals surface area contributed by atoms with Crippen molar-refractivity contribution < 1.29 is 23.8 Å². The summed E-state index contributed by atoms with van der Waals surface area (Å²) in [5, 5.41) is 10.1. The van der Waals surface area contributed by atoms with E-state index in [1.807, 2.05) is 89.8 Å². The van der Waals surface area contributed by atoms with Crippen LogP contribution in [0.25, 0.3) is 22.3 Å². The minimum Gasteiger partial charge on any atom is -0.508 e. The van der Waals surface area contributed by atoms with Gasteiger partial charge in [-0.2, -0.15) is 0 Å². The predicted molar refractivity (Wildman–Crippen MR) is 207 cm³/mol. The molecule has 1 atom stereocenters. The van der Waals surface area contributed by atoms with E-state index in [1.54, 1.807) is 12.1 Å². The Labute approximate surface area is 302 Å². The van der Waals surface area contributed by atoms with Gasteiger partial charge in [-0.25, -0.2) is 4.39 Å². The summed E-state index contributed by atoms with van der Waals surface area (Å²) in [6.07, 6.45) is 1.20.